The minimum absolute atomic E-state index is 0.00106. The Balaban J connectivity index is 2.22. The molecule has 1 amide bonds. The van der Waals surface area contributed by atoms with E-state index in [1.165, 1.54) is 11.3 Å². The van der Waals surface area contributed by atoms with Gasteiger partial charge in [-0.2, -0.15) is 0 Å². The van der Waals surface area contributed by atoms with E-state index in [4.69, 9.17) is 10.2 Å². The predicted molar refractivity (Wildman–Crippen MR) is 81.9 cm³/mol. The molecule has 2 rings (SSSR count). The van der Waals surface area contributed by atoms with Gasteiger partial charge in [-0.25, -0.2) is 0 Å². The third kappa shape index (κ3) is 3.04. The Morgan fingerprint density at radius 3 is 2.55 bits per heavy atom. The van der Waals surface area contributed by atoms with Crippen molar-refractivity contribution < 1.29 is 9.21 Å². The van der Waals surface area contributed by atoms with Gasteiger partial charge in [-0.3, -0.25) is 4.79 Å². The van der Waals surface area contributed by atoms with Crippen molar-refractivity contribution >= 4 is 22.9 Å². The van der Waals surface area contributed by atoms with E-state index < -0.39 is 0 Å². The van der Waals surface area contributed by atoms with E-state index in [0.717, 1.165) is 16.4 Å². The number of furan rings is 1. The van der Waals surface area contributed by atoms with Gasteiger partial charge in [0.2, 0.25) is 0 Å². The van der Waals surface area contributed by atoms with Crippen molar-refractivity contribution in [2.24, 2.45) is 0 Å². The molecule has 0 unspecified atom stereocenters. The Morgan fingerprint density at radius 2 is 2.10 bits per heavy atom. The summed E-state index contributed by atoms with van der Waals surface area (Å²) in [6, 6.07) is 5.67. The maximum Gasteiger partial charge on any atom is 0.264 e. The Kier molecular flexibility index (Phi) is 4.18. The molecule has 4 nitrogen and oxygen atoms in total. The Morgan fingerprint density at radius 1 is 1.40 bits per heavy atom. The summed E-state index contributed by atoms with van der Waals surface area (Å²) in [5, 5.41) is 0. The van der Waals surface area contributed by atoms with E-state index in [-0.39, 0.29) is 11.9 Å². The topological polar surface area (TPSA) is 59.5 Å². The van der Waals surface area contributed by atoms with Crippen LogP contribution in [0.3, 0.4) is 0 Å². The van der Waals surface area contributed by atoms with E-state index in [2.05, 4.69) is 0 Å². The van der Waals surface area contributed by atoms with Crippen LogP contribution in [-0.2, 0) is 6.54 Å². The quantitative estimate of drug-likeness (QED) is 0.936. The number of amides is 1. The fourth-order valence-corrected chi connectivity index (χ4v) is 2.87. The number of nitrogens with zero attached hydrogens (tertiary/aromatic N) is 1. The summed E-state index contributed by atoms with van der Waals surface area (Å²) in [5.74, 6) is 1.65. The van der Waals surface area contributed by atoms with Gasteiger partial charge in [-0.05, 0) is 45.9 Å². The number of thiophene rings is 1. The average Bonchev–Trinajstić information content (AvgIpc) is 2.92. The molecule has 2 heterocycles. The summed E-state index contributed by atoms with van der Waals surface area (Å²) in [6.07, 6.45) is 0. The Hall–Kier alpha value is -1.75. The van der Waals surface area contributed by atoms with E-state index in [9.17, 15) is 4.79 Å². The molecule has 0 bridgehead atoms. The molecule has 0 aliphatic heterocycles. The van der Waals surface area contributed by atoms with E-state index in [1.54, 1.807) is 11.0 Å². The van der Waals surface area contributed by atoms with Crippen LogP contribution in [0.2, 0.25) is 0 Å². The first-order valence-electron chi connectivity index (χ1n) is 6.60. The van der Waals surface area contributed by atoms with Gasteiger partial charge >= 0.3 is 0 Å². The predicted octanol–water partition coefficient (Wildman–Crippen LogP) is 3.59. The maximum absolute atomic E-state index is 12.6. The maximum atomic E-state index is 12.6. The van der Waals surface area contributed by atoms with Crippen LogP contribution in [0.1, 0.15) is 39.9 Å². The first-order chi connectivity index (χ1) is 9.38. The van der Waals surface area contributed by atoms with Gasteiger partial charge in [-0.15, -0.1) is 11.3 Å². The van der Waals surface area contributed by atoms with Crippen molar-refractivity contribution in [3.05, 3.63) is 39.5 Å². The number of carbonyl (C=O) groups is 1. The zero-order valence-electron chi connectivity index (χ0n) is 12.3. The summed E-state index contributed by atoms with van der Waals surface area (Å²) >= 11 is 1.44. The molecule has 108 valence electrons. The second-order valence-corrected chi connectivity index (χ2v) is 6.42. The highest BCUT2D eigenvalue weighted by atomic mass is 32.1. The first kappa shape index (κ1) is 14.7. The molecule has 2 aromatic rings. The van der Waals surface area contributed by atoms with Crippen molar-refractivity contribution in [2.75, 3.05) is 5.73 Å². The third-order valence-electron chi connectivity index (χ3n) is 3.17. The van der Waals surface area contributed by atoms with E-state index in [1.807, 2.05) is 39.8 Å². The van der Waals surface area contributed by atoms with Gasteiger partial charge < -0.3 is 15.1 Å². The van der Waals surface area contributed by atoms with Crippen LogP contribution in [-0.4, -0.2) is 16.8 Å². The number of hydrogen-bond donors (Lipinski definition) is 1. The zero-order valence-corrected chi connectivity index (χ0v) is 13.1. The lowest BCUT2D eigenvalue weighted by molar-refractivity contribution is 0.0680. The Bertz CT molecular complexity index is 594. The lowest BCUT2D eigenvalue weighted by Gasteiger charge is -2.25. The van der Waals surface area contributed by atoms with Crippen molar-refractivity contribution in [3.63, 3.8) is 0 Å². The van der Waals surface area contributed by atoms with Gasteiger partial charge in [0.05, 0.1) is 11.4 Å². The average molecular weight is 292 g/mol. The highest BCUT2D eigenvalue weighted by Gasteiger charge is 2.22. The molecule has 0 radical (unpaired) electrons. The molecule has 0 saturated carbocycles. The number of anilines is 1. The number of nitrogens with two attached hydrogens (primary N) is 1. The second kappa shape index (κ2) is 5.71. The standard InChI is InChI=1S/C15H20N2O2S/c1-9(2)17(8-12-6-5-10(3)19-12)15(18)14-7-13(16)11(4)20-14/h5-7,9H,8,16H2,1-4H3. The van der Waals surface area contributed by atoms with Gasteiger partial charge in [0, 0.05) is 16.6 Å². The molecule has 0 aliphatic rings. The summed E-state index contributed by atoms with van der Waals surface area (Å²) in [6.45, 7) is 8.29. The zero-order chi connectivity index (χ0) is 14.9. The van der Waals surface area contributed by atoms with Crippen molar-refractivity contribution in [1.29, 1.82) is 0 Å². The molecule has 20 heavy (non-hydrogen) atoms. The van der Waals surface area contributed by atoms with Crippen molar-refractivity contribution in [3.8, 4) is 0 Å². The number of rotatable bonds is 4. The fourth-order valence-electron chi connectivity index (χ4n) is 1.97. The normalized spacial score (nSPS) is 11.1. The van der Waals surface area contributed by atoms with Crippen LogP contribution in [0.4, 0.5) is 5.69 Å². The summed E-state index contributed by atoms with van der Waals surface area (Å²) in [4.78, 5) is 16.1. The largest absolute Gasteiger partial charge is 0.464 e. The third-order valence-corrected chi connectivity index (χ3v) is 4.23. The lowest BCUT2D eigenvalue weighted by atomic mass is 10.2. The van der Waals surface area contributed by atoms with Gasteiger partial charge in [0.25, 0.3) is 5.91 Å². The minimum Gasteiger partial charge on any atom is -0.464 e. The summed E-state index contributed by atoms with van der Waals surface area (Å²) in [5.41, 5.74) is 6.51. The van der Waals surface area contributed by atoms with Gasteiger partial charge in [0.15, 0.2) is 0 Å². The van der Waals surface area contributed by atoms with Crippen molar-refractivity contribution in [2.45, 2.75) is 40.3 Å². The lowest BCUT2D eigenvalue weighted by Crippen LogP contribution is -2.35. The van der Waals surface area contributed by atoms with Crippen LogP contribution < -0.4 is 5.73 Å². The SMILES string of the molecule is Cc1ccc(CN(C(=O)c2cc(N)c(C)s2)C(C)C)o1. The molecule has 0 aliphatic carbocycles. The molecule has 0 atom stereocenters. The summed E-state index contributed by atoms with van der Waals surface area (Å²) < 4.78 is 5.56. The molecule has 5 heteroatoms. The number of hydrogen-bond acceptors (Lipinski definition) is 4. The Labute approximate surface area is 123 Å². The number of carbonyl (C=O) groups excluding carboxylic acids is 1. The smallest absolute Gasteiger partial charge is 0.264 e. The first-order valence-corrected chi connectivity index (χ1v) is 7.42. The van der Waals surface area contributed by atoms with E-state index >= 15 is 0 Å². The van der Waals surface area contributed by atoms with Crippen LogP contribution in [0.25, 0.3) is 0 Å². The van der Waals surface area contributed by atoms with Crippen molar-refractivity contribution in [1.82, 2.24) is 4.90 Å². The molecule has 2 N–H and O–H groups in total. The van der Waals surface area contributed by atoms with Crippen LogP contribution in [0, 0.1) is 13.8 Å². The van der Waals surface area contributed by atoms with Crippen LogP contribution in [0.5, 0.6) is 0 Å². The highest BCUT2D eigenvalue weighted by molar-refractivity contribution is 7.14. The highest BCUT2D eigenvalue weighted by Crippen LogP contribution is 2.26. The molecule has 0 aromatic carbocycles. The number of aryl methyl sites for hydroxylation is 2. The minimum atomic E-state index is -0.00106. The number of nitrogen functional groups attached to an aromatic ring is 1. The monoisotopic (exact) mass is 292 g/mol. The van der Waals surface area contributed by atoms with Crippen LogP contribution >= 0.6 is 11.3 Å². The second-order valence-electron chi connectivity index (χ2n) is 5.16. The molecule has 2 aromatic heterocycles. The van der Waals surface area contributed by atoms with Crippen LogP contribution in [0.15, 0.2) is 22.6 Å². The van der Waals surface area contributed by atoms with Gasteiger partial charge in [-0.1, -0.05) is 0 Å². The molecule has 0 spiro atoms. The summed E-state index contributed by atoms with van der Waals surface area (Å²) in [7, 11) is 0. The molecule has 0 saturated heterocycles. The fraction of sp³-hybridized carbons (Fsp3) is 0.400. The van der Waals surface area contributed by atoms with E-state index in [0.29, 0.717) is 17.1 Å². The molecular weight excluding hydrogens is 272 g/mol. The molecule has 0 fully saturated rings. The van der Waals surface area contributed by atoms with Gasteiger partial charge in [0.1, 0.15) is 11.5 Å². The molecular formula is C15H20N2O2S.